The molecule has 0 spiro atoms. The van der Waals surface area contributed by atoms with Crippen molar-refractivity contribution in [2.24, 2.45) is 5.92 Å². The average Bonchev–Trinajstić information content (AvgIpc) is 2.53. The topological polar surface area (TPSA) is 38.1 Å². The van der Waals surface area contributed by atoms with Crippen molar-refractivity contribution in [3.63, 3.8) is 0 Å². The molecule has 0 radical (unpaired) electrons. The van der Waals surface area contributed by atoms with Crippen molar-refractivity contribution in [1.29, 1.82) is 0 Å². The van der Waals surface area contributed by atoms with Crippen LogP contribution in [0, 0.1) is 5.92 Å². The lowest BCUT2D eigenvalue weighted by atomic mass is 10.0. The van der Waals surface area contributed by atoms with Crippen LogP contribution in [0.5, 0.6) is 5.88 Å². The van der Waals surface area contributed by atoms with Crippen LogP contribution < -0.4 is 0 Å². The number of aromatic nitrogens is 2. The van der Waals surface area contributed by atoms with Crippen molar-refractivity contribution >= 4 is 0 Å². The van der Waals surface area contributed by atoms with Gasteiger partial charge in [-0.15, -0.1) is 5.10 Å². The van der Waals surface area contributed by atoms with E-state index >= 15 is 0 Å². The summed E-state index contributed by atoms with van der Waals surface area (Å²) in [5.41, 5.74) is 2.32. The second kappa shape index (κ2) is 6.67. The van der Waals surface area contributed by atoms with Gasteiger partial charge in [0.2, 0.25) is 5.88 Å². The average molecular weight is 238 g/mol. The van der Waals surface area contributed by atoms with Crippen molar-refractivity contribution in [2.75, 3.05) is 0 Å². The predicted molar refractivity (Wildman–Crippen MR) is 71.3 cm³/mol. The molecule has 1 aromatic rings. The molecular formula is C14H26N2O. The minimum absolute atomic E-state index is 0.248. The van der Waals surface area contributed by atoms with Crippen molar-refractivity contribution in [3.8, 4) is 5.88 Å². The lowest BCUT2D eigenvalue weighted by molar-refractivity contribution is 0.428. The molecule has 0 aliphatic heterocycles. The van der Waals surface area contributed by atoms with E-state index in [1.807, 2.05) is 4.68 Å². The number of unbranched alkanes of at least 4 members (excludes halogenated alkanes) is 1. The smallest absolute Gasteiger partial charge is 0.233 e. The van der Waals surface area contributed by atoms with Crippen LogP contribution in [-0.2, 0) is 19.4 Å². The third-order valence-corrected chi connectivity index (χ3v) is 2.96. The predicted octanol–water partition coefficient (Wildman–Crippen LogP) is 3.54. The number of aromatic hydroxyl groups is 1. The van der Waals surface area contributed by atoms with E-state index in [9.17, 15) is 5.11 Å². The van der Waals surface area contributed by atoms with E-state index in [1.165, 1.54) is 18.5 Å². The standard InChI is InChI=1S/C14H26N2O/c1-5-7-8-13-12(10-11(3)4)14(17)15-16(13)9-6-2/h11H,5-10H2,1-4H3,(H,15,17). The highest BCUT2D eigenvalue weighted by Gasteiger charge is 2.17. The quantitative estimate of drug-likeness (QED) is 0.789. The second-order valence-corrected chi connectivity index (χ2v) is 5.17. The number of nitrogens with zero attached hydrogens (tertiary/aromatic N) is 2. The van der Waals surface area contributed by atoms with E-state index in [2.05, 4.69) is 32.8 Å². The number of hydrogen-bond donors (Lipinski definition) is 1. The molecule has 1 heterocycles. The molecular weight excluding hydrogens is 212 g/mol. The maximum atomic E-state index is 9.96. The van der Waals surface area contributed by atoms with Crippen LogP contribution in [0.3, 0.4) is 0 Å². The maximum absolute atomic E-state index is 9.96. The van der Waals surface area contributed by atoms with Gasteiger partial charge in [0.05, 0.1) is 0 Å². The monoisotopic (exact) mass is 238 g/mol. The zero-order valence-corrected chi connectivity index (χ0v) is 11.7. The maximum Gasteiger partial charge on any atom is 0.233 e. The molecule has 3 heteroatoms. The summed E-state index contributed by atoms with van der Waals surface area (Å²) in [7, 11) is 0. The lowest BCUT2D eigenvalue weighted by Gasteiger charge is -2.09. The summed E-state index contributed by atoms with van der Waals surface area (Å²) in [5.74, 6) is 0.804. The Morgan fingerprint density at radius 1 is 1.24 bits per heavy atom. The Morgan fingerprint density at radius 3 is 2.47 bits per heavy atom. The summed E-state index contributed by atoms with van der Waals surface area (Å²) >= 11 is 0. The third kappa shape index (κ3) is 3.76. The van der Waals surface area contributed by atoms with Crippen LogP contribution in [0.15, 0.2) is 0 Å². The molecule has 0 saturated carbocycles. The summed E-state index contributed by atoms with van der Waals surface area (Å²) in [6, 6.07) is 0. The molecule has 98 valence electrons. The molecule has 0 saturated heterocycles. The highest BCUT2D eigenvalue weighted by molar-refractivity contribution is 5.31. The van der Waals surface area contributed by atoms with Crippen LogP contribution in [0.25, 0.3) is 0 Å². The normalized spacial score (nSPS) is 11.4. The van der Waals surface area contributed by atoms with E-state index in [4.69, 9.17) is 0 Å². The first-order valence-electron chi connectivity index (χ1n) is 6.87. The Kier molecular flexibility index (Phi) is 5.52. The molecule has 0 atom stereocenters. The molecule has 1 N–H and O–H groups in total. The number of rotatable bonds is 7. The van der Waals surface area contributed by atoms with Gasteiger partial charge in [0, 0.05) is 17.8 Å². The SMILES string of the molecule is CCCCc1c(CC(C)C)c(O)nn1CCC. The lowest BCUT2D eigenvalue weighted by Crippen LogP contribution is -2.07. The van der Waals surface area contributed by atoms with Crippen LogP contribution in [0.1, 0.15) is 58.2 Å². The van der Waals surface area contributed by atoms with Crippen molar-refractivity contribution < 1.29 is 5.11 Å². The molecule has 0 aliphatic rings. The van der Waals surface area contributed by atoms with Gasteiger partial charge < -0.3 is 5.11 Å². The Hall–Kier alpha value is -0.990. The van der Waals surface area contributed by atoms with E-state index < -0.39 is 0 Å². The fraction of sp³-hybridized carbons (Fsp3) is 0.786. The van der Waals surface area contributed by atoms with Gasteiger partial charge in [-0.3, -0.25) is 4.68 Å². The molecule has 0 fully saturated rings. The summed E-state index contributed by atoms with van der Waals surface area (Å²) in [6.45, 7) is 9.61. The highest BCUT2D eigenvalue weighted by atomic mass is 16.3. The van der Waals surface area contributed by atoms with Crippen molar-refractivity contribution in [1.82, 2.24) is 9.78 Å². The van der Waals surface area contributed by atoms with Gasteiger partial charge in [-0.1, -0.05) is 34.1 Å². The van der Waals surface area contributed by atoms with Gasteiger partial charge >= 0.3 is 0 Å². The second-order valence-electron chi connectivity index (χ2n) is 5.17. The Balaban J connectivity index is 2.98. The third-order valence-electron chi connectivity index (χ3n) is 2.96. The van der Waals surface area contributed by atoms with Gasteiger partial charge in [0.1, 0.15) is 0 Å². The molecule has 1 rings (SSSR count). The molecule has 3 nitrogen and oxygen atoms in total. The summed E-state index contributed by atoms with van der Waals surface area (Å²) in [4.78, 5) is 0. The Bertz CT molecular complexity index is 342. The van der Waals surface area contributed by atoms with E-state index in [1.54, 1.807) is 0 Å². The van der Waals surface area contributed by atoms with E-state index in [-0.39, 0.29) is 5.88 Å². The first kappa shape index (κ1) is 14.1. The van der Waals surface area contributed by atoms with Gasteiger partial charge in [-0.05, 0) is 31.6 Å². The first-order chi connectivity index (χ1) is 8.10. The molecule has 0 aromatic carbocycles. The van der Waals surface area contributed by atoms with Gasteiger partial charge in [0.25, 0.3) is 0 Å². The Labute approximate surface area is 105 Å². The molecule has 1 aromatic heterocycles. The fourth-order valence-corrected chi connectivity index (χ4v) is 2.16. The van der Waals surface area contributed by atoms with Crippen LogP contribution >= 0.6 is 0 Å². The molecule has 17 heavy (non-hydrogen) atoms. The highest BCUT2D eigenvalue weighted by Crippen LogP contribution is 2.25. The number of aryl methyl sites for hydroxylation is 1. The molecule has 0 amide bonds. The first-order valence-corrected chi connectivity index (χ1v) is 6.87. The van der Waals surface area contributed by atoms with E-state index in [0.717, 1.165) is 31.4 Å². The van der Waals surface area contributed by atoms with Gasteiger partial charge in [-0.2, -0.15) is 0 Å². The minimum Gasteiger partial charge on any atom is -0.492 e. The van der Waals surface area contributed by atoms with E-state index in [0.29, 0.717) is 5.92 Å². The molecule has 0 unspecified atom stereocenters. The van der Waals surface area contributed by atoms with Gasteiger partial charge in [-0.25, -0.2) is 0 Å². The molecule has 0 aliphatic carbocycles. The van der Waals surface area contributed by atoms with Crippen molar-refractivity contribution in [2.45, 2.75) is 66.3 Å². The summed E-state index contributed by atoms with van der Waals surface area (Å²) < 4.78 is 2.00. The van der Waals surface area contributed by atoms with Crippen LogP contribution in [-0.4, -0.2) is 14.9 Å². The zero-order chi connectivity index (χ0) is 12.8. The summed E-state index contributed by atoms with van der Waals surface area (Å²) in [5, 5.41) is 14.2. The fourth-order valence-electron chi connectivity index (χ4n) is 2.16. The minimum atomic E-state index is 0.248. The van der Waals surface area contributed by atoms with Crippen LogP contribution in [0.2, 0.25) is 0 Å². The van der Waals surface area contributed by atoms with Gasteiger partial charge in [0.15, 0.2) is 0 Å². The Morgan fingerprint density at radius 2 is 1.94 bits per heavy atom. The molecule has 0 bridgehead atoms. The largest absolute Gasteiger partial charge is 0.492 e. The van der Waals surface area contributed by atoms with Crippen LogP contribution in [0.4, 0.5) is 0 Å². The summed E-state index contributed by atoms with van der Waals surface area (Å²) in [6.07, 6.45) is 5.36. The van der Waals surface area contributed by atoms with Crippen molar-refractivity contribution in [3.05, 3.63) is 11.3 Å². The number of hydrogen-bond acceptors (Lipinski definition) is 2. The zero-order valence-electron chi connectivity index (χ0n) is 11.7.